The Bertz CT molecular complexity index is 561. The Morgan fingerprint density at radius 1 is 1.15 bits per heavy atom. The van der Waals surface area contributed by atoms with Gasteiger partial charge in [0.05, 0.1) is 17.9 Å². The van der Waals surface area contributed by atoms with Crippen LogP contribution in [0.1, 0.15) is 39.5 Å². The van der Waals surface area contributed by atoms with Gasteiger partial charge in [-0.05, 0) is 37.9 Å². The van der Waals surface area contributed by atoms with E-state index < -0.39 is 12.0 Å². The number of carbonyl (C=O) groups excluding carboxylic acids is 3. The molecule has 0 aromatic carbocycles. The fourth-order valence-corrected chi connectivity index (χ4v) is 5.46. The van der Waals surface area contributed by atoms with Crippen LogP contribution < -0.4 is 21.5 Å². The first-order valence-corrected chi connectivity index (χ1v) is 10.4. The van der Waals surface area contributed by atoms with E-state index in [2.05, 4.69) is 28.4 Å². The number of nitrogens with one attached hydrogen (secondary N) is 4. The van der Waals surface area contributed by atoms with Gasteiger partial charge in [-0.1, -0.05) is 13.3 Å². The van der Waals surface area contributed by atoms with Crippen LogP contribution >= 0.6 is 11.8 Å². The van der Waals surface area contributed by atoms with Crippen LogP contribution in [0.25, 0.3) is 0 Å². The molecular formula is C17H28N4O4S. The second-order valence-corrected chi connectivity index (χ2v) is 8.61. The number of hydrogen-bond acceptors (Lipinski definition) is 7. The maximum atomic E-state index is 12.8. The lowest BCUT2D eigenvalue weighted by molar-refractivity contribution is -0.126. The summed E-state index contributed by atoms with van der Waals surface area (Å²) < 4.78 is 4.75. The maximum absolute atomic E-state index is 12.8. The van der Waals surface area contributed by atoms with Crippen LogP contribution in [0, 0.1) is 17.8 Å². The lowest BCUT2D eigenvalue weighted by atomic mass is 9.77. The van der Waals surface area contributed by atoms with Crippen molar-refractivity contribution < 1.29 is 19.1 Å². The Morgan fingerprint density at radius 2 is 1.96 bits per heavy atom. The summed E-state index contributed by atoms with van der Waals surface area (Å²) in [6, 6.07) is 0.0520. The van der Waals surface area contributed by atoms with E-state index in [0.717, 1.165) is 25.0 Å². The summed E-state index contributed by atoms with van der Waals surface area (Å²) in [5, 5.41) is 4.94. The normalized spacial score (nSPS) is 36.2. The average Bonchev–Trinajstić information content (AvgIpc) is 3.21. The summed E-state index contributed by atoms with van der Waals surface area (Å²) in [4.78, 5) is 36.5. The monoisotopic (exact) mass is 384 g/mol. The number of carbonyl (C=O) groups is 3. The van der Waals surface area contributed by atoms with Crippen molar-refractivity contribution in [3.05, 3.63) is 0 Å². The molecule has 0 bridgehead atoms. The van der Waals surface area contributed by atoms with E-state index in [1.165, 1.54) is 0 Å². The predicted molar refractivity (Wildman–Crippen MR) is 98.0 cm³/mol. The van der Waals surface area contributed by atoms with Crippen LogP contribution in [0.2, 0.25) is 0 Å². The third-order valence-electron chi connectivity index (χ3n) is 5.51. The van der Waals surface area contributed by atoms with Gasteiger partial charge in [-0.15, -0.1) is 11.8 Å². The van der Waals surface area contributed by atoms with Gasteiger partial charge in [-0.2, -0.15) is 0 Å². The highest BCUT2D eigenvalue weighted by atomic mass is 32.2. The largest absolute Gasteiger partial charge is 0.450 e. The van der Waals surface area contributed by atoms with Gasteiger partial charge in [0, 0.05) is 12.0 Å². The minimum absolute atomic E-state index is 0.0760. The molecule has 0 radical (unpaired) electrons. The molecule has 3 amide bonds. The molecule has 26 heavy (non-hydrogen) atoms. The molecule has 8 nitrogen and oxygen atoms in total. The van der Waals surface area contributed by atoms with Crippen molar-refractivity contribution in [2.45, 2.75) is 57.0 Å². The van der Waals surface area contributed by atoms with Crippen LogP contribution in [0.3, 0.4) is 0 Å². The molecule has 146 valence electrons. The van der Waals surface area contributed by atoms with E-state index in [9.17, 15) is 14.4 Å². The van der Waals surface area contributed by atoms with Gasteiger partial charge in [0.25, 0.3) is 0 Å². The van der Waals surface area contributed by atoms with Crippen LogP contribution in [-0.2, 0) is 14.3 Å². The second-order valence-electron chi connectivity index (χ2n) is 7.36. The van der Waals surface area contributed by atoms with Gasteiger partial charge in [-0.25, -0.2) is 10.2 Å². The second kappa shape index (κ2) is 8.58. The molecule has 3 fully saturated rings. The topological polar surface area (TPSA) is 109 Å². The molecule has 0 spiro atoms. The summed E-state index contributed by atoms with van der Waals surface area (Å²) in [6.07, 6.45) is 3.12. The Labute approximate surface area is 157 Å². The zero-order valence-electron chi connectivity index (χ0n) is 15.2. The molecule has 9 heteroatoms. The SMILES string of the molecule is CCOC(=O)NC(=O)C1CCSC1NC(=O)C1NNC2CC(C)CCC21. The summed E-state index contributed by atoms with van der Waals surface area (Å²) in [5.41, 5.74) is 6.40. The molecule has 3 aliphatic rings. The van der Waals surface area contributed by atoms with Crippen LogP contribution in [0.5, 0.6) is 0 Å². The number of imide groups is 1. The fourth-order valence-electron chi connectivity index (χ4n) is 4.12. The van der Waals surface area contributed by atoms with E-state index in [-0.39, 0.29) is 35.8 Å². The van der Waals surface area contributed by atoms with Crippen molar-refractivity contribution in [1.29, 1.82) is 0 Å². The highest BCUT2D eigenvalue weighted by molar-refractivity contribution is 8.00. The third kappa shape index (κ3) is 4.32. The molecular weight excluding hydrogens is 356 g/mol. The van der Waals surface area contributed by atoms with Crippen molar-refractivity contribution in [2.75, 3.05) is 12.4 Å². The average molecular weight is 385 g/mol. The van der Waals surface area contributed by atoms with Crippen LogP contribution in [0.4, 0.5) is 4.79 Å². The summed E-state index contributed by atoms with van der Waals surface area (Å²) >= 11 is 1.54. The van der Waals surface area contributed by atoms with Gasteiger partial charge in [0.15, 0.2) is 0 Å². The van der Waals surface area contributed by atoms with Gasteiger partial charge < -0.3 is 10.1 Å². The molecule has 1 saturated carbocycles. The Morgan fingerprint density at radius 3 is 2.73 bits per heavy atom. The van der Waals surface area contributed by atoms with Crippen molar-refractivity contribution in [3.63, 3.8) is 0 Å². The number of hydrogen-bond donors (Lipinski definition) is 4. The Balaban J connectivity index is 1.55. The lowest BCUT2D eigenvalue weighted by Crippen LogP contribution is -2.51. The molecule has 6 atom stereocenters. The zero-order valence-corrected chi connectivity index (χ0v) is 16.1. The van der Waals surface area contributed by atoms with Crippen molar-refractivity contribution in [1.82, 2.24) is 21.5 Å². The number of fused-ring (bicyclic) bond motifs is 1. The first kappa shape index (κ1) is 19.4. The molecule has 3 rings (SSSR count). The van der Waals surface area contributed by atoms with E-state index in [4.69, 9.17) is 4.74 Å². The lowest BCUT2D eigenvalue weighted by Gasteiger charge is -2.31. The van der Waals surface area contributed by atoms with E-state index in [1.54, 1.807) is 18.7 Å². The molecule has 6 unspecified atom stereocenters. The summed E-state index contributed by atoms with van der Waals surface area (Å²) in [7, 11) is 0. The van der Waals surface area contributed by atoms with Gasteiger partial charge in [0.2, 0.25) is 11.8 Å². The first-order chi connectivity index (χ1) is 12.5. The molecule has 1 aliphatic carbocycles. The number of thioether (sulfide) groups is 1. The van der Waals surface area contributed by atoms with Gasteiger partial charge in [0.1, 0.15) is 6.04 Å². The smallest absolute Gasteiger partial charge is 0.413 e. The summed E-state index contributed by atoms with van der Waals surface area (Å²) in [6.45, 7) is 4.13. The quantitative estimate of drug-likeness (QED) is 0.566. The maximum Gasteiger partial charge on any atom is 0.413 e. The molecule has 2 aliphatic heterocycles. The highest BCUT2D eigenvalue weighted by Crippen LogP contribution is 2.35. The first-order valence-electron chi connectivity index (χ1n) is 9.40. The highest BCUT2D eigenvalue weighted by Gasteiger charge is 2.44. The summed E-state index contributed by atoms with van der Waals surface area (Å²) in [5.74, 6) is 0.836. The van der Waals surface area contributed by atoms with Crippen LogP contribution in [-0.4, -0.2) is 47.7 Å². The molecule has 2 saturated heterocycles. The number of alkyl carbamates (subject to hydrolysis) is 1. The Kier molecular flexibility index (Phi) is 6.42. The third-order valence-corrected chi connectivity index (χ3v) is 6.79. The van der Waals surface area contributed by atoms with Crippen molar-refractivity contribution in [2.24, 2.45) is 17.8 Å². The van der Waals surface area contributed by atoms with Crippen molar-refractivity contribution in [3.8, 4) is 0 Å². The number of amides is 3. The van der Waals surface area contributed by atoms with E-state index >= 15 is 0 Å². The van der Waals surface area contributed by atoms with Gasteiger partial charge in [-0.3, -0.25) is 20.3 Å². The van der Waals surface area contributed by atoms with E-state index in [1.807, 2.05) is 0 Å². The molecule has 4 N–H and O–H groups in total. The zero-order chi connectivity index (χ0) is 18.7. The minimum atomic E-state index is -0.736. The minimum Gasteiger partial charge on any atom is -0.450 e. The molecule has 0 aromatic rings. The fraction of sp³-hybridized carbons (Fsp3) is 0.824. The standard InChI is InChI=1S/C17H28N4O4S/c1-3-25-17(24)19-14(22)11-6-7-26-16(11)18-15(23)13-10-5-4-9(2)8-12(10)20-21-13/h9-13,16,20-21H,3-8H2,1-2H3,(H,18,23)(H,19,22,24). The molecule has 2 heterocycles. The molecule has 0 aromatic heterocycles. The predicted octanol–water partition coefficient (Wildman–Crippen LogP) is 0.736. The Hall–Kier alpha value is -1.32. The number of hydrazine groups is 1. The number of ether oxygens (including phenoxy) is 1. The van der Waals surface area contributed by atoms with Gasteiger partial charge >= 0.3 is 6.09 Å². The van der Waals surface area contributed by atoms with E-state index in [0.29, 0.717) is 18.4 Å². The number of rotatable bonds is 4. The van der Waals surface area contributed by atoms with Crippen LogP contribution in [0.15, 0.2) is 0 Å². The van der Waals surface area contributed by atoms with Crippen molar-refractivity contribution >= 4 is 29.7 Å².